The van der Waals surface area contributed by atoms with Crippen LogP contribution in [0, 0.1) is 0 Å². The van der Waals surface area contributed by atoms with Crippen molar-refractivity contribution in [2.24, 2.45) is 0 Å². The number of nitrogens with one attached hydrogen (secondary N) is 1. The molecular weight excluding hydrogens is 266 g/mol. The second-order valence-electron chi connectivity index (χ2n) is 2.93. The molecule has 7 heteroatoms. The minimum absolute atomic E-state index is 0.0265. The Bertz CT molecular complexity index is 406. The quantitative estimate of drug-likeness (QED) is 0.879. The first-order valence-corrected chi connectivity index (χ1v) is 4.85. The first kappa shape index (κ1) is 13.1. The zero-order chi connectivity index (χ0) is 12.3. The van der Waals surface area contributed by atoms with Crippen molar-refractivity contribution in [3.63, 3.8) is 0 Å². The maximum atomic E-state index is 11.8. The fraction of sp³-hybridized carbons (Fsp3) is 0.222. The third kappa shape index (κ3) is 3.90. The van der Waals surface area contributed by atoms with E-state index < -0.39 is 18.6 Å². The van der Waals surface area contributed by atoms with E-state index in [2.05, 4.69) is 0 Å². The summed E-state index contributed by atoms with van der Waals surface area (Å²) < 4.78 is 35.4. The van der Waals surface area contributed by atoms with Gasteiger partial charge in [-0.3, -0.25) is 4.79 Å². The highest BCUT2D eigenvalue weighted by Gasteiger charge is 2.27. The fourth-order valence-electron chi connectivity index (χ4n) is 0.920. The lowest BCUT2D eigenvalue weighted by Crippen LogP contribution is -2.33. The van der Waals surface area contributed by atoms with Crippen LogP contribution in [0.3, 0.4) is 0 Å². The minimum atomic E-state index is -4.44. The third-order valence-electron chi connectivity index (χ3n) is 1.63. The molecule has 0 heterocycles. The lowest BCUT2D eigenvalue weighted by Gasteiger charge is -2.08. The van der Waals surface area contributed by atoms with Gasteiger partial charge in [0.25, 0.3) is 5.91 Å². The highest BCUT2D eigenvalue weighted by Crippen LogP contribution is 2.22. The number of carbonyl (C=O) groups is 1. The number of amides is 1. The van der Waals surface area contributed by atoms with E-state index in [-0.39, 0.29) is 15.6 Å². The Morgan fingerprint density at radius 1 is 1.25 bits per heavy atom. The van der Waals surface area contributed by atoms with Crippen LogP contribution in [0.5, 0.6) is 0 Å². The van der Waals surface area contributed by atoms with Gasteiger partial charge in [0.1, 0.15) is 6.54 Å². The molecule has 1 rings (SSSR count). The summed E-state index contributed by atoms with van der Waals surface area (Å²) in [6, 6.07) is 3.84. The van der Waals surface area contributed by atoms with Crippen LogP contribution in [-0.2, 0) is 0 Å². The van der Waals surface area contributed by atoms with Gasteiger partial charge in [0.15, 0.2) is 0 Å². The Hall–Kier alpha value is -0.940. The maximum Gasteiger partial charge on any atom is 0.405 e. The SMILES string of the molecule is O=C(NCC(F)(F)F)c1ccc(Cl)c(Cl)c1. The van der Waals surface area contributed by atoms with Gasteiger partial charge in [0.2, 0.25) is 0 Å². The standard InChI is InChI=1S/C9H6Cl2F3NO/c10-6-2-1-5(3-7(6)11)8(16)15-4-9(12,13)14/h1-3H,4H2,(H,15,16). The van der Waals surface area contributed by atoms with Gasteiger partial charge < -0.3 is 5.32 Å². The average Bonchev–Trinajstić information content (AvgIpc) is 2.17. The van der Waals surface area contributed by atoms with Crippen molar-refractivity contribution in [3.8, 4) is 0 Å². The Balaban J connectivity index is 2.70. The normalized spacial score (nSPS) is 11.3. The summed E-state index contributed by atoms with van der Waals surface area (Å²) in [4.78, 5) is 11.2. The summed E-state index contributed by atoms with van der Waals surface area (Å²) >= 11 is 11.2. The largest absolute Gasteiger partial charge is 0.405 e. The van der Waals surface area contributed by atoms with Crippen LogP contribution < -0.4 is 5.32 Å². The second kappa shape index (κ2) is 4.93. The Morgan fingerprint density at radius 2 is 1.88 bits per heavy atom. The Kier molecular flexibility index (Phi) is 4.04. The predicted octanol–water partition coefficient (Wildman–Crippen LogP) is 3.29. The summed E-state index contributed by atoms with van der Waals surface area (Å²) in [6.07, 6.45) is -4.44. The second-order valence-corrected chi connectivity index (χ2v) is 3.74. The van der Waals surface area contributed by atoms with Gasteiger partial charge in [-0.2, -0.15) is 13.2 Å². The highest BCUT2D eigenvalue weighted by atomic mass is 35.5. The zero-order valence-electron chi connectivity index (χ0n) is 7.74. The van der Waals surface area contributed by atoms with Crippen molar-refractivity contribution >= 4 is 29.1 Å². The van der Waals surface area contributed by atoms with Crippen LogP contribution in [-0.4, -0.2) is 18.6 Å². The lowest BCUT2D eigenvalue weighted by molar-refractivity contribution is -0.123. The van der Waals surface area contributed by atoms with E-state index in [1.165, 1.54) is 18.2 Å². The maximum absolute atomic E-state index is 11.8. The number of hydrogen-bond acceptors (Lipinski definition) is 1. The molecule has 88 valence electrons. The molecule has 0 aromatic heterocycles. The molecule has 0 unspecified atom stereocenters. The van der Waals surface area contributed by atoms with Crippen molar-refractivity contribution in [1.82, 2.24) is 5.32 Å². The molecule has 0 aliphatic rings. The van der Waals surface area contributed by atoms with Crippen molar-refractivity contribution < 1.29 is 18.0 Å². The molecular formula is C9H6Cl2F3NO. The van der Waals surface area contributed by atoms with Gasteiger partial charge in [0.05, 0.1) is 10.0 Å². The molecule has 0 spiro atoms. The molecule has 16 heavy (non-hydrogen) atoms. The molecule has 0 radical (unpaired) electrons. The van der Waals surface area contributed by atoms with E-state index >= 15 is 0 Å². The van der Waals surface area contributed by atoms with Gasteiger partial charge >= 0.3 is 6.18 Å². The van der Waals surface area contributed by atoms with E-state index in [0.717, 1.165) is 0 Å². The molecule has 0 saturated heterocycles. The van der Waals surface area contributed by atoms with Crippen LogP contribution >= 0.6 is 23.2 Å². The van der Waals surface area contributed by atoms with Crippen molar-refractivity contribution in [2.75, 3.05) is 6.54 Å². The topological polar surface area (TPSA) is 29.1 Å². The lowest BCUT2D eigenvalue weighted by atomic mass is 10.2. The monoisotopic (exact) mass is 271 g/mol. The first-order valence-electron chi connectivity index (χ1n) is 4.09. The van der Waals surface area contributed by atoms with E-state index in [9.17, 15) is 18.0 Å². The number of carbonyl (C=O) groups excluding carboxylic acids is 1. The molecule has 1 aromatic rings. The van der Waals surface area contributed by atoms with Crippen LogP contribution in [0.4, 0.5) is 13.2 Å². The van der Waals surface area contributed by atoms with Gasteiger partial charge in [-0.15, -0.1) is 0 Å². The van der Waals surface area contributed by atoms with Crippen LogP contribution in [0.2, 0.25) is 10.0 Å². The predicted molar refractivity (Wildman–Crippen MR) is 54.9 cm³/mol. The van der Waals surface area contributed by atoms with Gasteiger partial charge in [-0.1, -0.05) is 23.2 Å². The molecule has 1 aromatic carbocycles. The molecule has 1 N–H and O–H groups in total. The molecule has 0 bridgehead atoms. The van der Waals surface area contributed by atoms with Crippen LogP contribution in [0.15, 0.2) is 18.2 Å². The molecule has 0 aliphatic heterocycles. The number of benzene rings is 1. The summed E-state index contributed by atoms with van der Waals surface area (Å²) in [5.41, 5.74) is 0.0265. The number of rotatable bonds is 2. The van der Waals surface area contributed by atoms with Crippen molar-refractivity contribution in [2.45, 2.75) is 6.18 Å². The summed E-state index contributed by atoms with van der Waals surface area (Å²) in [5.74, 6) is -0.851. The molecule has 2 nitrogen and oxygen atoms in total. The van der Waals surface area contributed by atoms with Crippen molar-refractivity contribution in [3.05, 3.63) is 33.8 Å². The van der Waals surface area contributed by atoms with Crippen LogP contribution in [0.25, 0.3) is 0 Å². The average molecular weight is 272 g/mol. The molecule has 1 amide bonds. The number of halogens is 5. The summed E-state index contributed by atoms with van der Waals surface area (Å²) in [7, 11) is 0. The highest BCUT2D eigenvalue weighted by molar-refractivity contribution is 6.42. The molecule has 0 atom stereocenters. The number of alkyl halides is 3. The Labute approximate surface area is 99.3 Å². The molecule has 0 saturated carbocycles. The van der Waals surface area contributed by atoms with Crippen LogP contribution in [0.1, 0.15) is 10.4 Å². The fourth-order valence-corrected chi connectivity index (χ4v) is 1.22. The Morgan fingerprint density at radius 3 is 2.38 bits per heavy atom. The number of hydrogen-bond donors (Lipinski definition) is 1. The molecule has 0 fully saturated rings. The van der Waals surface area contributed by atoms with E-state index in [1.54, 1.807) is 5.32 Å². The molecule has 0 aliphatic carbocycles. The summed E-state index contributed by atoms with van der Waals surface area (Å²) in [5, 5.41) is 2.06. The van der Waals surface area contributed by atoms with Gasteiger partial charge in [-0.05, 0) is 18.2 Å². The van der Waals surface area contributed by atoms with Gasteiger partial charge in [-0.25, -0.2) is 0 Å². The zero-order valence-corrected chi connectivity index (χ0v) is 9.25. The smallest absolute Gasteiger partial charge is 0.343 e. The van der Waals surface area contributed by atoms with E-state index in [4.69, 9.17) is 23.2 Å². The first-order chi connectivity index (χ1) is 7.29. The third-order valence-corrected chi connectivity index (χ3v) is 2.37. The van der Waals surface area contributed by atoms with E-state index in [0.29, 0.717) is 0 Å². The van der Waals surface area contributed by atoms with Gasteiger partial charge in [0, 0.05) is 5.56 Å². The van der Waals surface area contributed by atoms with E-state index in [1.807, 2.05) is 0 Å². The summed E-state index contributed by atoms with van der Waals surface area (Å²) in [6.45, 7) is -1.38. The van der Waals surface area contributed by atoms with Crippen molar-refractivity contribution in [1.29, 1.82) is 0 Å². The minimum Gasteiger partial charge on any atom is -0.343 e.